The first-order chi connectivity index (χ1) is 6.87. The van der Waals surface area contributed by atoms with Gasteiger partial charge in [0, 0.05) is 18.1 Å². The maximum atomic E-state index is 10.9. The number of hydrogen-bond donors (Lipinski definition) is 0. The fraction of sp³-hybridized carbons (Fsp3) is 0.900. The average molecular weight is 232 g/mol. The quantitative estimate of drug-likeness (QED) is 0.615. The summed E-state index contributed by atoms with van der Waals surface area (Å²) in [5.74, 6) is 0.257. The largest absolute Gasteiger partial charge is 0.303 e. The molecule has 0 saturated heterocycles. The van der Waals surface area contributed by atoms with Crippen LogP contribution in [0, 0.1) is 11.3 Å². The van der Waals surface area contributed by atoms with E-state index in [2.05, 4.69) is 11.0 Å². The van der Waals surface area contributed by atoms with Gasteiger partial charge in [0.25, 0.3) is 0 Å². The molecule has 0 aromatic rings. The number of sulfone groups is 1. The summed E-state index contributed by atoms with van der Waals surface area (Å²) in [4.78, 5) is 2.09. The van der Waals surface area contributed by atoms with Gasteiger partial charge in [-0.2, -0.15) is 5.26 Å². The lowest BCUT2D eigenvalue weighted by Crippen LogP contribution is -2.29. The van der Waals surface area contributed by atoms with E-state index in [0.29, 0.717) is 12.8 Å². The Hall–Kier alpha value is -0.600. The third kappa shape index (κ3) is 8.40. The molecule has 0 fully saturated rings. The number of nitrogens with zero attached hydrogens (tertiary/aromatic N) is 2. The zero-order chi connectivity index (χ0) is 11.9. The number of unbranched alkanes of at least 4 members (excludes halogenated alkanes) is 1. The van der Waals surface area contributed by atoms with Gasteiger partial charge in [-0.05, 0) is 33.4 Å². The first kappa shape index (κ1) is 14.4. The zero-order valence-electron chi connectivity index (χ0n) is 9.73. The Bertz CT molecular complexity index is 306. The van der Waals surface area contributed by atoms with E-state index in [-0.39, 0.29) is 11.8 Å². The molecule has 0 aliphatic carbocycles. The van der Waals surface area contributed by atoms with E-state index >= 15 is 0 Å². The number of hydrogen-bond acceptors (Lipinski definition) is 4. The minimum atomic E-state index is -2.82. The van der Waals surface area contributed by atoms with E-state index in [9.17, 15) is 8.42 Å². The molecule has 5 heteroatoms. The Morgan fingerprint density at radius 3 is 2.47 bits per heavy atom. The van der Waals surface area contributed by atoms with Gasteiger partial charge in [0.1, 0.15) is 9.84 Å². The summed E-state index contributed by atoms with van der Waals surface area (Å²) in [7, 11) is -0.863. The van der Waals surface area contributed by atoms with Crippen molar-refractivity contribution >= 4 is 9.84 Å². The van der Waals surface area contributed by atoms with Crippen molar-refractivity contribution in [1.29, 1.82) is 5.26 Å². The maximum absolute atomic E-state index is 10.9. The Balaban J connectivity index is 3.65. The smallest absolute Gasteiger partial charge is 0.147 e. The van der Waals surface area contributed by atoms with Crippen LogP contribution in [0.3, 0.4) is 0 Å². The van der Waals surface area contributed by atoms with Crippen LogP contribution in [-0.2, 0) is 9.84 Å². The summed E-state index contributed by atoms with van der Waals surface area (Å²) < 4.78 is 21.7. The lowest BCUT2D eigenvalue weighted by atomic mass is 10.2. The van der Waals surface area contributed by atoms with E-state index in [0.717, 1.165) is 13.0 Å². The monoisotopic (exact) mass is 232 g/mol. The topological polar surface area (TPSA) is 61.2 Å². The summed E-state index contributed by atoms with van der Waals surface area (Å²) in [6.45, 7) is 2.85. The predicted octanol–water partition coefficient (Wildman–Crippen LogP) is 1.05. The van der Waals surface area contributed by atoms with E-state index in [1.165, 1.54) is 6.26 Å². The summed E-state index contributed by atoms with van der Waals surface area (Å²) in [6.07, 6.45) is 3.33. The zero-order valence-corrected chi connectivity index (χ0v) is 10.5. The van der Waals surface area contributed by atoms with Crippen molar-refractivity contribution in [3.05, 3.63) is 0 Å². The highest BCUT2D eigenvalue weighted by molar-refractivity contribution is 7.90. The standard InChI is InChI=1S/C10H20N2O2S/c1-10(6-7-11)12(2)8-4-5-9-15(3,13)14/h10H,4-6,8-9H2,1-3H3. The highest BCUT2D eigenvalue weighted by Gasteiger charge is 2.08. The molecule has 0 spiro atoms. The normalized spacial score (nSPS) is 13.8. The summed E-state index contributed by atoms with van der Waals surface area (Å²) in [6, 6.07) is 2.37. The molecule has 0 radical (unpaired) electrons. The van der Waals surface area contributed by atoms with Crippen LogP contribution in [0.2, 0.25) is 0 Å². The lowest BCUT2D eigenvalue weighted by Gasteiger charge is -2.22. The molecular formula is C10H20N2O2S. The second-order valence-corrected chi connectivity index (χ2v) is 6.29. The molecule has 0 amide bonds. The Labute approximate surface area is 92.8 Å². The SMILES string of the molecule is CC(CC#N)N(C)CCCCS(C)(=O)=O. The number of nitriles is 1. The molecule has 0 rings (SSSR count). The average Bonchev–Trinajstić information content (AvgIpc) is 2.11. The minimum absolute atomic E-state index is 0.244. The molecule has 0 saturated carbocycles. The molecule has 0 bridgehead atoms. The van der Waals surface area contributed by atoms with Crippen LogP contribution in [-0.4, -0.2) is 45.0 Å². The van der Waals surface area contributed by atoms with Gasteiger partial charge in [0.15, 0.2) is 0 Å². The first-order valence-electron chi connectivity index (χ1n) is 5.11. The molecule has 0 aromatic carbocycles. The Kier molecular flexibility index (Phi) is 6.53. The molecule has 0 aliphatic rings. The molecule has 0 aliphatic heterocycles. The summed E-state index contributed by atoms with van der Waals surface area (Å²) in [5, 5.41) is 8.51. The predicted molar refractivity (Wildman–Crippen MR) is 61.3 cm³/mol. The highest BCUT2D eigenvalue weighted by atomic mass is 32.2. The summed E-state index contributed by atoms with van der Waals surface area (Å²) >= 11 is 0. The molecule has 15 heavy (non-hydrogen) atoms. The molecule has 88 valence electrons. The van der Waals surface area contributed by atoms with Crippen molar-refractivity contribution in [3.8, 4) is 6.07 Å². The fourth-order valence-electron chi connectivity index (χ4n) is 1.23. The van der Waals surface area contributed by atoms with Gasteiger partial charge in [-0.15, -0.1) is 0 Å². The van der Waals surface area contributed by atoms with Crippen molar-refractivity contribution in [2.75, 3.05) is 25.6 Å². The third-order valence-corrected chi connectivity index (χ3v) is 3.45. The fourth-order valence-corrected chi connectivity index (χ4v) is 1.96. The van der Waals surface area contributed by atoms with Gasteiger partial charge in [-0.1, -0.05) is 0 Å². The highest BCUT2D eigenvalue weighted by Crippen LogP contribution is 2.03. The van der Waals surface area contributed by atoms with Crippen molar-refractivity contribution < 1.29 is 8.42 Å². The van der Waals surface area contributed by atoms with Crippen LogP contribution in [0.5, 0.6) is 0 Å². The van der Waals surface area contributed by atoms with E-state index in [1.54, 1.807) is 0 Å². The van der Waals surface area contributed by atoms with Crippen LogP contribution in [0.25, 0.3) is 0 Å². The summed E-state index contributed by atoms with van der Waals surface area (Å²) in [5.41, 5.74) is 0. The molecule has 1 atom stereocenters. The van der Waals surface area contributed by atoms with Crippen molar-refractivity contribution in [3.63, 3.8) is 0 Å². The Morgan fingerprint density at radius 1 is 1.40 bits per heavy atom. The van der Waals surface area contributed by atoms with Gasteiger partial charge < -0.3 is 4.90 Å². The van der Waals surface area contributed by atoms with Crippen molar-refractivity contribution in [1.82, 2.24) is 4.90 Å². The molecule has 4 nitrogen and oxygen atoms in total. The molecule has 0 N–H and O–H groups in total. The van der Waals surface area contributed by atoms with Crippen LogP contribution in [0.1, 0.15) is 26.2 Å². The second-order valence-electron chi connectivity index (χ2n) is 4.03. The van der Waals surface area contributed by atoms with Gasteiger partial charge >= 0.3 is 0 Å². The van der Waals surface area contributed by atoms with Gasteiger partial charge in [-0.3, -0.25) is 0 Å². The minimum Gasteiger partial charge on any atom is -0.303 e. The number of rotatable bonds is 7. The molecule has 1 unspecified atom stereocenters. The van der Waals surface area contributed by atoms with Crippen LogP contribution < -0.4 is 0 Å². The molecule has 0 aromatic heterocycles. The van der Waals surface area contributed by atoms with Gasteiger partial charge in [0.2, 0.25) is 0 Å². The van der Waals surface area contributed by atoms with E-state index in [1.807, 2.05) is 14.0 Å². The lowest BCUT2D eigenvalue weighted by molar-refractivity contribution is 0.257. The molecule has 0 heterocycles. The van der Waals surface area contributed by atoms with Crippen molar-refractivity contribution in [2.45, 2.75) is 32.2 Å². The van der Waals surface area contributed by atoms with Gasteiger partial charge in [-0.25, -0.2) is 8.42 Å². The van der Waals surface area contributed by atoms with Crippen LogP contribution in [0.4, 0.5) is 0 Å². The van der Waals surface area contributed by atoms with Crippen LogP contribution in [0.15, 0.2) is 0 Å². The first-order valence-corrected chi connectivity index (χ1v) is 7.18. The third-order valence-electron chi connectivity index (χ3n) is 2.42. The maximum Gasteiger partial charge on any atom is 0.147 e. The van der Waals surface area contributed by atoms with E-state index in [4.69, 9.17) is 5.26 Å². The van der Waals surface area contributed by atoms with Gasteiger partial charge in [0.05, 0.1) is 12.5 Å². The Morgan fingerprint density at radius 2 is 2.00 bits per heavy atom. The molecular weight excluding hydrogens is 212 g/mol. The van der Waals surface area contributed by atoms with E-state index < -0.39 is 9.84 Å². The van der Waals surface area contributed by atoms with Crippen molar-refractivity contribution in [2.24, 2.45) is 0 Å². The second kappa shape index (κ2) is 6.81. The van der Waals surface area contributed by atoms with Crippen LogP contribution >= 0.6 is 0 Å².